The van der Waals surface area contributed by atoms with Crippen LogP contribution in [0.3, 0.4) is 0 Å². The summed E-state index contributed by atoms with van der Waals surface area (Å²) in [7, 11) is -1.89. The molecule has 1 atom stereocenters. The van der Waals surface area contributed by atoms with Gasteiger partial charge >= 0.3 is 6.01 Å². The van der Waals surface area contributed by atoms with Crippen molar-refractivity contribution < 1.29 is 17.6 Å². The van der Waals surface area contributed by atoms with E-state index >= 15 is 0 Å². The number of fused-ring (bicyclic) bond motifs is 1. The molecule has 5 rings (SSSR count). The SMILES string of the molecule is CN(c1nnc(-c2ccc3c(c2)N(Cc2ccc(Cl)cc2)C(=O)[C@@H](N)CS3(=O)=O)o1)C1CC1. The van der Waals surface area contributed by atoms with Crippen LogP contribution < -0.4 is 15.5 Å². The maximum Gasteiger partial charge on any atom is 0.318 e. The van der Waals surface area contributed by atoms with E-state index in [4.69, 9.17) is 21.8 Å². The van der Waals surface area contributed by atoms with E-state index in [1.54, 1.807) is 36.4 Å². The second-order valence-electron chi connectivity index (χ2n) is 8.35. The van der Waals surface area contributed by atoms with Gasteiger partial charge in [-0.3, -0.25) is 4.79 Å². The Balaban J connectivity index is 1.58. The molecule has 0 spiro atoms. The number of sulfone groups is 1. The zero-order valence-electron chi connectivity index (χ0n) is 17.8. The first-order valence-electron chi connectivity index (χ1n) is 10.5. The lowest BCUT2D eigenvalue weighted by Crippen LogP contribution is -2.45. The third kappa shape index (κ3) is 4.21. The lowest BCUT2D eigenvalue weighted by atomic mass is 10.1. The Bertz CT molecular complexity index is 1320. The molecular formula is C22H22ClN5O4S. The first-order valence-corrected chi connectivity index (χ1v) is 12.5. The van der Waals surface area contributed by atoms with E-state index in [0.29, 0.717) is 22.6 Å². The molecule has 0 saturated heterocycles. The lowest BCUT2D eigenvalue weighted by Gasteiger charge is -2.24. The van der Waals surface area contributed by atoms with Crippen LogP contribution in [0.15, 0.2) is 51.8 Å². The van der Waals surface area contributed by atoms with Crippen molar-refractivity contribution in [2.24, 2.45) is 5.73 Å². The van der Waals surface area contributed by atoms with Gasteiger partial charge in [-0.15, -0.1) is 5.10 Å². The Hall–Kier alpha value is -2.95. The summed E-state index contributed by atoms with van der Waals surface area (Å²) in [5, 5.41) is 8.80. The van der Waals surface area contributed by atoms with Crippen LogP contribution in [0.1, 0.15) is 18.4 Å². The lowest BCUT2D eigenvalue weighted by molar-refractivity contribution is -0.119. The van der Waals surface area contributed by atoms with E-state index in [1.165, 1.54) is 11.0 Å². The number of rotatable bonds is 5. The standard InChI is InChI=1S/C22H22ClN5O4S/c1-27(16-7-8-16)22-26-25-20(32-22)14-4-9-19-18(10-14)28(11-13-2-5-15(23)6-3-13)21(29)17(24)12-33(19,30)31/h2-6,9-10,16-17H,7-8,11-12,24H2,1H3/t17-/m0/s1. The zero-order chi connectivity index (χ0) is 23.3. The maximum absolute atomic E-state index is 13.1. The Morgan fingerprint density at radius 2 is 1.91 bits per heavy atom. The second kappa shape index (κ2) is 8.12. The highest BCUT2D eigenvalue weighted by atomic mass is 35.5. The van der Waals surface area contributed by atoms with Gasteiger partial charge in [-0.1, -0.05) is 28.8 Å². The van der Waals surface area contributed by atoms with E-state index in [0.717, 1.165) is 18.4 Å². The molecule has 1 aliphatic carbocycles. The Kier molecular flexibility index (Phi) is 5.38. The van der Waals surface area contributed by atoms with Crippen LogP contribution in [0.2, 0.25) is 5.02 Å². The number of carbonyl (C=O) groups excluding carboxylic acids is 1. The fourth-order valence-electron chi connectivity index (χ4n) is 3.87. The van der Waals surface area contributed by atoms with E-state index in [1.807, 2.05) is 11.9 Å². The van der Waals surface area contributed by atoms with Gasteiger partial charge in [-0.2, -0.15) is 0 Å². The Labute approximate surface area is 196 Å². The van der Waals surface area contributed by atoms with Gasteiger partial charge < -0.3 is 20.0 Å². The topological polar surface area (TPSA) is 123 Å². The van der Waals surface area contributed by atoms with Crippen molar-refractivity contribution >= 4 is 39.0 Å². The molecule has 33 heavy (non-hydrogen) atoms. The molecule has 0 bridgehead atoms. The van der Waals surface area contributed by atoms with E-state index in [9.17, 15) is 13.2 Å². The molecular weight excluding hydrogens is 466 g/mol. The average molecular weight is 488 g/mol. The smallest absolute Gasteiger partial charge is 0.318 e. The van der Waals surface area contributed by atoms with Gasteiger partial charge in [0.25, 0.3) is 0 Å². The molecule has 1 aliphatic heterocycles. The summed E-state index contributed by atoms with van der Waals surface area (Å²) in [5.41, 5.74) is 7.51. The highest BCUT2D eigenvalue weighted by molar-refractivity contribution is 7.91. The van der Waals surface area contributed by atoms with Crippen molar-refractivity contribution in [3.8, 4) is 11.5 Å². The van der Waals surface area contributed by atoms with Gasteiger partial charge in [-0.05, 0) is 48.7 Å². The molecule has 172 valence electrons. The largest absolute Gasteiger partial charge is 0.403 e. The van der Waals surface area contributed by atoms with E-state index in [-0.39, 0.29) is 23.0 Å². The molecule has 1 amide bonds. The van der Waals surface area contributed by atoms with Gasteiger partial charge in [-0.25, -0.2) is 8.42 Å². The summed E-state index contributed by atoms with van der Waals surface area (Å²) in [4.78, 5) is 16.5. The number of nitrogens with two attached hydrogens (primary N) is 1. The molecule has 1 saturated carbocycles. The van der Waals surface area contributed by atoms with Crippen molar-refractivity contribution in [2.75, 3.05) is 22.6 Å². The predicted molar refractivity (Wildman–Crippen MR) is 124 cm³/mol. The highest BCUT2D eigenvalue weighted by Gasteiger charge is 2.36. The Morgan fingerprint density at radius 3 is 2.61 bits per heavy atom. The molecule has 0 unspecified atom stereocenters. The van der Waals surface area contributed by atoms with Crippen LogP contribution in [0.5, 0.6) is 0 Å². The number of halogens is 1. The number of amides is 1. The highest BCUT2D eigenvalue weighted by Crippen LogP contribution is 2.36. The van der Waals surface area contributed by atoms with Crippen LogP contribution in [-0.4, -0.2) is 49.4 Å². The third-order valence-corrected chi connectivity index (χ3v) is 7.94. The monoisotopic (exact) mass is 487 g/mol. The minimum Gasteiger partial charge on any atom is -0.403 e. The molecule has 2 aliphatic rings. The van der Waals surface area contributed by atoms with Crippen molar-refractivity contribution in [1.29, 1.82) is 0 Å². The number of anilines is 2. The minimum atomic E-state index is -3.79. The number of hydrogen-bond donors (Lipinski definition) is 1. The van der Waals surface area contributed by atoms with Crippen LogP contribution in [0.25, 0.3) is 11.5 Å². The summed E-state index contributed by atoms with van der Waals surface area (Å²) < 4.78 is 31.8. The van der Waals surface area contributed by atoms with E-state index in [2.05, 4.69) is 10.2 Å². The number of carbonyl (C=O) groups is 1. The number of benzene rings is 2. The quantitative estimate of drug-likeness (QED) is 0.582. The van der Waals surface area contributed by atoms with Crippen molar-refractivity contribution in [3.63, 3.8) is 0 Å². The minimum absolute atomic E-state index is 0.0383. The Morgan fingerprint density at radius 1 is 1.18 bits per heavy atom. The molecule has 11 heteroatoms. The molecule has 9 nitrogen and oxygen atoms in total. The van der Waals surface area contributed by atoms with Gasteiger partial charge in [0, 0.05) is 23.7 Å². The molecule has 0 radical (unpaired) electrons. The van der Waals surface area contributed by atoms with Crippen molar-refractivity contribution in [2.45, 2.75) is 36.4 Å². The van der Waals surface area contributed by atoms with Crippen molar-refractivity contribution in [3.05, 3.63) is 53.1 Å². The summed E-state index contributed by atoms with van der Waals surface area (Å²) in [6, 6.07) is 11.3. The molecule has 2 heterocycles. The summed E-state index contributed by atoms with van der Waals surface area (Å²) in [5.74, 6) is -0.708. The molecule has 3 aromatic rings. The van der Waals surface area contributed by atoms with Gasteiger partial charge in [0.05, 0.1) is 28.9 Å². The molecule has 2 aromatic carbocycles. The second-order valence-corrected chi connectivity index (χ2v) is 10.8. The summed E-state index contributed by atoms with van der Waals surface area (Å²) in [6.07, 6.45) is 2.15. The third-order valence-electron chi connectivity index (χ3n) is 5.88. The zero-order valence-corrected chi connectivity index (χ0v) is 19.4. The van der Waals surface area contributed by atoms with Gasteiger partial charge in [0.15, 0.2) is 9.84 Å². The van der Waals surface area contributed by atoms with Gasteiger partial charge in [0.2, 0.25) is 11.8 Å². The molecule has 2 N–H and O–H groups in total. The number of nitrogens with zero attached hydrogens (tertiary/aromatic N) is 4. The average Bonchev–Trinajstić information content (AvgIpc) is 3.53. The van der Waals surface area contributed by atoms with Crippen LogP contribution in [0, 0.1) is 0 Å². The number of aromatic nitrogens is 2. The normalized spacial score (nSPS) is 19.8. The molecule has 1 aromatic heterocycles. The first-order chi connectivity index (χ1) is 15.7. The van der Waals surface area contributed by atoms with Crippen LogP contribution in [0.4, 0.5) is 11.7 Å². The van der Waals surface area contributed by atoms with E-state index < -0.39 is 27.5 Å². The maximum atomic E-state index is 13.1. The summed E-state index contributed by atoms with van der Waals surface area (Å²) >= 11 is 5.98. The van der Waals surface area contributed by atoms with Crippen LogP contribution in [-0.2, 0) is 21.2 Å². The predicted octanol–water partition coefficient (Wildman–Crippen LogP) is 2.64. The first kappa shape index (κ1) is 21.9. The van der Waals surface area contributed by atoms with Crippen molar-refractivity contribution in [1.82, 2.24) is 10.2 Å². The summed E-state index contributed by atoms with van der Waals surface area (Å²) in [6.45, 7) is 0.134. The van der Waals surface area contributed by atoms with Gasteiger partial charge in [0.1, 0.15) is 0 Å². The number of hydrogen-bond acceptors (Lipinski definition) is 8. The molecule has 1 fully saturated rings. The fourth-order valence-corrected chi connectivity index (χ4v) is 5.55. The van der Waals surface area contributed by atoms with Crippen LogP contribution >= 0.6 is 11.6 Å². The fraction of sp³-hybridized carbons (Fsp3) is 0.318.